The second-order valence-electron chi connectivity index (χ2n) is 4.32. The Morgan fingerprint density at radius 1 is 1.44 bits per heavy atom. The highest BCUT2D eigenvalue weighted by Gasteiger charge is 2.06. The van der Waals surface area contributed by atoms with Crippen LogP contribution in [0.1, 0.15) is 38.9 Å². The molecule has 0 saturated heterocycles. The van der Waals surface area contributed by atoms with Crippen LogP contribution >= 0.6 is 0 Å². The van der Waals surface area contributed by atoms with E-state index in [4.69, 9.17) is 5.73 Å². The molecule has 0 aliphatic rings. The first-order valence-corrected chi connectivity index (χ1v) is 6.18. The van der Waals surface area contributed by atoms with Crippen LogP contribution in [-0.2, 0) is 4.79 Å². The van der Waals surface area contributed by atoms with Gasteiger partial charge in [0.15, 0.2) is 0 Å². The summed E-state index contributed by atoms with van der Waals surface area (Å²) < 4.78 is 0. The average molecular weight is 251 g/mol. The summed E-state index contributed by atoms with van der Waals surface area (Å²) in [7, 11) is 0. The third-order valence-electron chi connectivity index (χ3n) is 2.31. The summed E-state index contributed by atoms with van der Waals surface area (Å²) in [5.74, 6) is 2.05. The van der Waals surface area contributed by atoms with Gasteiger partial charge in [-0.3, -0.25) is 4.79 Å². The lowest BCUT2D eigenvalue weighted by atomic mass is 10.2. The molecule has 100 valence electrons. The maximum Gasteiger partial charge on any atom is 0.221 e. The van der Waals surface area contributed by atoms with Crippen molar-refractivity contribution in [1.29, 1.82) is 0 Å². The summed E-state index contributed by atoms with van der Waals surface area (Å²) in [5, 5.41) is 5.81. The summed E-state index contributed by atoms with van der Waals surface area (Å²) >= 11 is 0. The monoisotopic (exact) mass is 251 g/mol. The predicted molar refractivity (Wildman–Crippen MR) is 72.3 cm³/mol. The largest absolute Gasteiger partial charge is 0.384 e. The first-order chi connectivity index (χ1) is 8.52. The van der Waals surface area contributed by atoms with Crippen LogP contribution in [0.5, 0.6) is 0 Å². The summed E-state index contributed by atoms with van der Waals surface area (Å²) in [6.45, 7) is 7.09. The van der Waals surface area contributed by atoms with E-state index >= 15 is 0 Å². The molecule has 6 heteroatoms. The molecule has 0 aliphatic heterocycles. The maximum atomic E-state index is 11.3. The topological polar surface area (TPSA) is 92.9 Å². The summed E-state index contributed by atoms with van der Waals surface area (Å²) in [4.78, 5) is 19.8. The zero-order valence-electron chi connectivity index (χ0n) is 11.2. The van der Waals surface area contributed by atoms with Gasteiger partial charge in [0.1, 0.15) is 17.5 Å². The number of nitrogens with one attached hydrogen (secondary N) is 2. The Morgan fingerprint density at radius 3 is 2.78 bits per heavy atom. The van der Waals surface area contributed by atoms with E-state index in [1.54, 1.807) is 6.07 Å². The van der Waals surface area contributed by atoms with Crippen molar-refractivity contribution >= 4 is 17.5 Å². The number of rotatable bonds is 6. The zero-order chi connectivity index (χ0) is 13.5. The highest BCUT2D eigenvalue weighted by molar-refractivity contribution is 5.76. The average Bonchev–Trinajstić information content (AvgIpc) is 2.28. The number of amides is 1. The molecule has 0 saturated carbocycles. The number of nitrogen functional groups attached to an aromatic ring is 1. The van der Waals surface area contributed by atoms with Crippen molar-refractivity contribution in [3.05, 3.63) is 11.9 Å². The lowest BCUT2D eigenvalue weighted by Gasteiger charge is -2.09. The SMILES string of the molecule is CCNC(=O)CCNc1cc(N)nc(C(C)C)n1. The fraction of sp³-hybridized carbons (Fsp3) is 0.583. The van der Waals surface area contributed by atoms with Gasteiger partial charge in [0.2, 0.25) is 5.91 Å². The minimum absolute atomic E-state index is 0.0242. The van der Waals surface area contributed by atoms with E-state index in [1.807, 2.05) is 20.8 Å². The van der Waals surface area contributed by atoms with Crippen molar-refractivity contribution in [3.8, 4) is 0 Å². The minimum Gasteiger partial charge on any atom is -0.384 e. The van der Waals surface area contributed by atoms with Crippen LogP contribution in [0.25, 0.3) is 0 Å². The lowest BCUT2D eigenvalue weighted by Crippen LogP contribution is -2.25. The van der Waals surface area contributed by atoms with Gasteiger partial charge in [-0.25, -0.2) is 9.97 Å². The molecule has 1 aromatic rings. The second-order valence-corrected chi connectivity index (χ2v) is 4.32. The Hall–Kier alpha value is -1.85. The summed E-state index contributed by atoms with van der Waals surface area (Å²) in [6.07, 6.45) is 0.411. The van der Waals surface area contributed by atoms with Crippen LogP contribution in [-0.4, -0.2) is 29.0 Å². The van der Waals surface area contributed by atoms with Gasteiger partial charge in [-0.1, -0.05) is 13.8 Å². The first-order valence-electron chi connectivity index (χ1n) is 6.18. The molecule has 1 amide bonds. The molecule has 0 unspecified atom stereocenters. The molecule has 1 rings (SSSR count). The van der Waals surface area contributed by atoms with E-state index in [-0.39, 0.29) is 11.8 Å². The lowest BCUT2D eigenvalue weighted by molar-refractivity contribution is -0.120. The first kappa shape index (κ1) is 14.2. The quantitative estimate of drug-likeness (QED) is 0.704. The van der Waals surface area contributed by atoms with Crippen LogP contribution in [0.3, 0.4) is 0 Å². The molecule has 6 nitrogen and oxygen atoms in total. The third-order valence-corrected chi connectivity index (χ3v) is 2.31. The number of aromatic nitrogens is 2. The van der Waals surface area contributed by atoms with E-state index in [9.17, 15) is 4.79 Å². The van der Waals surface area contributed by atoms with E-state index in [2.05, 4.69) is 20.6 Å². The van der Waals surface area contributed by atoms with Gasteiger partial charge in [-0.2, -0.15) is 0 Å². The van der Waals surface area contributed by atoms with Gasteiger partial charge in [-0.15, -0.1) is 0 Å². The molecule has 18 heavy (non-hydrogen) atoms. The molecule has 0 bridgehead atoms. The van der Waals surface area contributed by atoms with Crippen LogP contribution in [0.15, 0.2) is 6.07 Å². The van der Waals surface area contributed by atoms with E-state index in [0.717, 1.165) is 0 Å². The Labute approximate surface area is 107 Å². The number of nitrogens with zero attached hydrogens (tertiary/aromatic N) is 2. The number of carbonyl (C=O) groups excluding carboxylic acids is 1. The van der Waals surface area contributed by atoms with Crippen molar-refractivity contribution in [2.75, 3.05) is 24.1 Å². The number of hydrogen-bond donors (Lipinski definition) is 3. The molecule has 0 radical (unpaired) electrons. The van der Waals surface area contributed by atoms with Gasteiger partial charge < -0.3 is 16.4 Å². The van der Waals surface area contributed by atoms with E-state index in [1.165, 1.54) is 0 Å². The van der Waals surface area contributed by atoms with Gasteiger partial charge in [0, 0.05) is 31.5 Å². The number of hydrogen-bond acceptors (Lipinski definition) is 5. The van der Waals surface area contributed by atoms with Gasteiger partial charge in [0.25, 0.3) is 0 Å². The number of carbonyl (C=O) groups is 1. The van der Waals surface area contributed by atoms with Crippen LogP contribution in [0.2, 0.25) is 0 Å². The standard InChI is InChI=1S/C12H21N5O/c1-4-14-11(18)5-6-15-10-7-9(13)16-12(17-10)8(2)3/h7-8H,4-6H2,1-3H3,(H,14,18)(H3,13,15,16,17). The predicted octanol–water partition coefficient (Wildman–Crippen LogP) is 1.12. The van der Waals surface area contributed by atoms with Crippen molar-refractivity contribution in [3.63, 3.8) is 0 Å². The number of anilines is 2. The van der Waals surface area contributed by atoms with Crippen molar-refractivity contribution in [1.82, 2.24) is 15.3 Å². The van der Waals surface area contributed by atoms with Crippen LogP contribution in [0, 0.1) is 0 Å². The maximum absolute atomic E-state index is 11.3. The normalized spacial score (nSPS) is 10.4. The molecule has 0 aliphatic carbocycles. The molecule has 0 atom stereocenters. The fourth-order valence-corrected chi connectivity index (χ4v) is 1.42. The molecule has 4 N–H and O–H groups in total. The Morgan fingerprint density at radius 2 is 2.17 bits per heavy atom. The van der Waals surface area contributed by atoms with Gasteiger partial charge in [0.05, 0.1) is 0 Å². The highest BCUT2D eigenvalue weighted by Crippen LogP contribution is 2.14. The smallest absolute Gasteiger partial charge is 0.221 e. The minimum atomic E-state index is 0.0242. The van der Waals surface area contributed by atoms with Gasteiger partial charge >= 0.3 is 0 Å². The van der Waals surface area contributed by atoms with Crippen LogP contribution < -0.4 is 16.4 Å². The molecule has 1 aromatic heterocycles. The Bertz CT molecular complexity index is 405. The van der Waals surface area contributed by atoms with E-state index < -0.39 is 0 Å². The van der Waals surface area contributed by atoms with Crippen molar-refractivity contribution in [2.45, 2.75) is 33.1 Å². The molecular formula is C12H21N5O. The fourth-order valence-electron chi connectivity index (χ4n) is 1.42. The second kappa shape index (κ2) is 6.78. The molecular weight excluding hydrogens is 230 g/mol. The van der Waals surface area contributed by atoms with Crippen molar-refractivity contribution < 1.29 is 4.79 Å². The third kappa shape index (κ3) is 4.57. The Balaban J connectivity index is 2.54. The van der Waals surface area contributed by atoms with Gasteiger partial charge in [-0.05, 0) is 6.92 Å². The van der Waals surface area contributed by atoms with Crippen molar-refractivity contribution in [2.24, 2.45) is 0 Å². The zero-order valence-corrected chi connectivity index (χ0v) is 11.2. The Kier molecular flexibility index (Phi) is 5.35. The number of nitrogens with two attached hydrogens (primary N) is 1. The summed E-state index contributed by atoms with van der Waals surface area (Å²) in [6, 6.07) is 1.67. The molecule has 1 heterocycles. The summed E-state index contributed by atoms with van der Waals surface area (Å²) in [5.41, 5.74) is 5.71. The molecule has 0 fully saturated rings. The highest BCUT2D eigenvalue weighted by atomic mass is 16.1. The van der Waals surface area contributed by atoms with E-state index in [0.29, 0.717) is 37.0 Å². The van der Waals surface area contributed by atoms with Crippen LogP contribution in [0.4, 0.5) is 11.6 Å². The molecule has 0 spiro atoms. The molecule has 0 aromatic carbocycles.